The van der Waals surface area contributed by atoms with Crippen LogP contribution >= 0.6 is 0 Å². The summed E-state index contributed by atoms with van der Waals surface area (Å²) in [7, 11) is 1.58. The van der Waals surface area contributed by atoms with E-state index in [1.165, 1.54) is 6.07 Å². The van der Waals surface area contributed by atoms with Crippen LogP contribution in [0.4, 0.5) is 5.69 Å². The number of carbonyl (C=O) groups excluding carboxylic acids is 1. The largest absolute Gasteiger partial charge is 0.487 e. The molecule has 0 saturated carbocycles. The van der Waals surface area contributed by atoms with Crippen molar-refractivity contribution in [3.8, 4) is 5.75 Å². The Morgan fingerprint density at radius 3 is 2.75 bits per heavy atom. The quantitative estimate of drug-likeness (QED) is 0.723. The van der Waals surface area contributed by atoms with Crippen molar-refractivity contribution in [2.45, 2.75) is 13.0 Å². The number of rotatable bonds is 5. The number of ether oxygens (including phenoxy) is 2. The zero-order valence-corrected chi connectivity index (χ0v) is 9.40. The van der Waals surface area contributed by atoms with Crippen molar-refractivity contribution in [1.29, 1.82) is 0 Å². The topological polar surface area (TPSA) is 87.6 Å². The predicted molar refractivity (Wildman–Crippen MR) is 61.3 cm³/mol. The number of anilines is 1. The molecular formula is C11H16N2O3. The summed E-state index contributed by atoms with van der Waals surface area (Å²) >= 11 is 0. The van der Waals surface area contributed by atoms with Crippen LogP contribution in [0.1, 0.15) is 17.3 Å². The molecule has 0 fully saturated rings. The lowest BCUT2D eigenvalue weighted by molar-refractivity contribution is 0.0886. The Bertz CT molecular complexity index is 379. The van der Waals surface area contributed by atoms with E-state index in [9.17, 15) is 4.79 Å². The van der Waals surface area contributed by atoms with Gasteiger partial charge in [-0.2, -0.15) is 0 Å². The molecule has 0 aliphatic carbocycles. The molecule has 4 N–H and O–H groups in total. The Morgan fingerprint density at radius 2 is 2.19 bits per heavy atom. The van der Waals surface area contributed by atoms with E-state index in [0.29, 0.717) is 18.0 Å². The van der Waals surface area contributed by atoms with Crippen molar-refractivity contribution >= 4 is 11.6 Å². The van der Waals surface area contributed by atoms with Crippen LogP contribution in [-0.2, 0) is 4.74 Å². The molecule has 1 unspecified atom stereocenters. The zero-order valence-electron chi connectivity index (χ0n) is 9.40. The van der Waals surface area contributed by atoms with Crippen LogP contribution in [0.5, 0.6) is 5.75 Å². The van der Waals surface area contributed by atoms with Crippen LogP contribution in [0, 0.1) is 0 Å². The summed E-state index contributed by atoms with van der Waals surface area (Å²) in [6, 6.07) is 4.78. The van der Waals surface area contributed by atoms with Crippen molar-refractivity contribution in [1.82, 2.24) is 0 Å². The number of amides is 1. The first-order valence-corrected chi connectivity index (χ1v) is 4.89. The average Bonchev–Trinajstić information content (AvgIpc) is 2.20. The van der Waals surface area contributed by atoms with Crippen molar-refractivity contribution in [3.63, 3.8) is 0 Å². The summed E-state index contributed by atoms with van der Waals surface area (Å²) < 4.78 is 10.5. The van der Waals surface area contributed by atoms with Gasteiger partial charge in [0.15, 0.2) is 0 Å². The Kier molecular flexibility index (Phi) is 4.13. The molecule has 16 heavy (non-hydrogen) atoms. The van der Waals surface area contributed by atoms with E-state index in [2.05, 4.69) is 0 Å². The smallest absolute Gasteiger partial charge is 0.252 e. The van der Waals surface area contributed by atoms with Gasteiger partial charge in [0, 0.05) is 12.8 Å². The first-order valence-electron chi connectivity index (χ1n) is 4.89. The van der Waals surface area contributed by atoms with E-state index in [4.69, 9.17) is 20.9 Å². The van der Waals surface area contributed by atoms with Crippen molar-refractivity contribution in [2.75, 3.05) is 19.5 Å². The third kappa shape index (κ3) is 3.13. The zero-order chi connectivity index (χ0) is 12.1. The van der Waals surface area contributed by atoms with Gasteiger partial charge in [0.05, 0.1) is 12.2 Å². The average molecular weight is 224 g/mol. The highest BCUT2D eigenvalue weighted by molar-refractivity contribution is 5.96. The number of hydrogen-bond acceptors (Lipinski definition) is 4. The van der Waals surface area contributed by atoms with E-state index in [-0.39, 0.29) is 11.7 Å². The number of carbonyl (C=O) groups is 1. The fourth-order valence-electron chi connectivity index (χ4n) is 1.33. The second kappa shape index (κ2) is 5.37. The number of methoxy groups -OCH3 is 1. The molecule has 0 saturated heterocycles. The maximum Gasteiger partial charge on any atom is 0.252 e. The molecule has 0 aliphatic rings. The summed E-state index contributed by atoms with van der Waals surface area (Å²) in [5, 5.41) is 0. The van der Waals surface area contributed by atoms with Crippen LogP contribution in [-0.4, -0.2) is 25.7 Å². The highest BCUT2D eigenvalue weighted by Crippen LogP contribution is 2.22. The van der Waals surface area contributed by atoms with Gasteiger partial charge < -0.3 is 20.9 Å². The van der Waals surface area contributed by atoms with E-state index < -0.39 is 5.91 Å². The second-order valence-electron chi connectivity index (χ2n) is 3.50. The third-order valence-corrected chi connectivity index (χ3v) is 2.00. The minimum atomic E-state index is -0.563. The van der Waals surface area contributed by atoms with Gasteiger partial charge in [0.1, 0.15) is 11.9 Å². The summed E-state index contributed by atoms with van der Waals surface area (Å²) in [6.07, 6.45) is -0.160. The van der Waals surface area contributed by atoms with Crippen LogP contribution < -0.4 is 16.2 Å². The lowest BCUT2D eigenvalue weighted by Crippen LogP contribution is -2.21. The van der Waals surface area contributed by atoms with E-state index in [1.807, 2.05) is 6.92 Å². The van der Waals surface area contributed by atoms with Gasteiger partial charge in [-0.05, 0) is 25.1 Å². The maximum atomic E-state index is 11.2. The molecule has 1 atom stereocenters. The fraction of sp³-hybridized carbons (Fsp3) is 0.364. The molecule has 0 heterocycles. The Hall–Kier alpha value is -1.75. The number of nitrogen functional groups attached to an aromatic ring is 1. The number of primary amides is 1. The summed E-state index contributed by atoms with van der Waals surface area (Å²) in [5.41, 5.74) is 11.5. The fourth-order valence-corrected chi connectivity index (χ4v) is 1.33. The van der Waals surface area contributed by atoms with Crippen LogP contribution in [0.25, 0.3) is 0 Å². The van der Waals surface area contributed by atoms with E-state index in [1.54, 1.807) is 19.2 Å². The van der Waals surface area contributed by atoms with Gasteiger partial charge in [-0.15, -0.1) is 0 Å². The van der Waals surface area contributed by atoms with Crippen molar-refractivity contribution in [2.24, 2.45) is 5.73 Å². The first-order chi connectivity index (χ1) is 7.54. The standard InChI is InChI=1S/C11H16N2O3/c1-7(6-15-2)16-10-4-3-8(12)5-9(10)11(13)14/h3-5,7H,6,12H2,1-2H3,(H2,13,14). The third-order valence-electron chi connectivity index (χ3n) is 2.00. The molecule has 1 aromatic rings. The van der Waals surface area contributed by atoms with Gasteiger partial charge in [-0.3, -0.25) is 4.79 Å². The molecule has 0 radical (unpaired) electrons. The molecule has 5 nitrogen and oxygen atoms in total. The van der Waals surface area contributed by atoms with Crippen LogP contribution in [0.2, 0.25) is 0 Å². The van der Waals surface area contributed by atoms with Gasteiger partial charge in [0.25, 0.3) is 5.91 Å². The molecule has 1 rings (SSSR count). The Morgan fingerprint density at radius 1 is 1.50 bits per heavy atom. The van der Waals surface area contributed by atoms with Gasteiger partial charge in [0.2, 0.25) is 0 Å². The lowest BCUT2D eigenvalue weighted by atomic mass is 10.1. The number of hydrogen-bond donors (Lipinski definition) is 2. The van der Waals surface area contributed by atoms with Crippen molar-refractivity contribution in [3.05, 3.63) is 23.8 Å². The molecular weight excluding hydrogens is 208 g/mol. The van der Waals surface area contributed by atoms with Crippen LogP contribution in [0.15, 0.2) is 18.2 Å². The van der Waals surface area contributed by atoms with Crippen molar-refractivity contribution < 1.29 is 14.3 Å². The van der Waals surface area contributed by atoms with E-state index in [0.717, 1.165) is 0 Å². The molecule has 88 valence electrons. The number of nitrogens with two attached hydrogens (primary N) is 2. The lowest BCUT2D eigenvalue weighted by Gasteiger charge is -2.15. The molecule has 0 spiro atoms. The predicted octanol–water partition coefficient (Wildman–Crippen LogP) is 0.781. The molecule has 1 amide bonds. The highest BCUT2D eigenvalue weighted by Gasteiger charge is 2.12. The first kappa shape index (κ1) is 12.3. The SMILES string of the molecule is COCC(C)Oc1ccc(N)cc1C(N)=O. The summed E-state index contributed by atoms with van der Waals surface area (Å²) in [5.74, 6) is -0.141. The Labute approximate surface area is 94.3 Å². The van der Waals surface area contributed by atoms with Gasteiger partial charge in [-0.25, -0.2) is 0 Å². The normalized spacial score (nSPS) is 12.1. The minimum Gasteiger partial charge on any atom is -0.487 e. The van der Waals surface area contributed by atoms with Gasteiger partial charge >= 0.3 is 0 Å². The summed E-state index contributed by atoms with van der Waals surface area (Å²) in [4.78, 5) is 11.2. The molecule has 5 heteroatoms. The molecule has 0 bridgehead atoms. The monoisotopic (exact) mass is 224 g/mol. The number of benzene rings is 1. The highest BCUT2D eigenvalue weighted by atomic mass is 16.5. The second-order valence-corrected chi connectivity index (χ2v) is 3.50. The molecule has 0 aromatic heterocycles. The molecule has 0 aliphatic heterocycles. The van der Waals surface area contributed by atoms with Crippen LogP contribution in [0.3, 0.4) is 0 Å². The minimum absolute atomic E-state index is 0.160. The summed E-state index contributed by atoms with van der Waals surface area (Å²) in [6.45, 7) is 2.27. The molecule has 1 aromatic carbocycles. The van der Waals surface area contributed by atoms with Gasteiger partial charge in [-0.1, -0.05) is 0 Å². The Balaban J connectivity index is 2.90. The van der Waals surface area contributed by atoms with E-state index >= 15 is 0 Å². The maximum absolute atomic E-state index is 11.2.